The molecule has 0 spiro atoms. The molecule has 1 aliphatic carbocycles. The number of anilines is 1. The molecule has 230 valence electrons. The van der Waals surface area contributed by atoms with Crippen LogP contribution in [0.2, 0.25) is 0 Å². The maximum atomic E-state index is 12.5. The van der Waals surface area contributed by atoms with Crippen LogP contribution in [0.25, 0.3) is 43.8 Å². The molecule has 6 aromatic carbocycles. The second-order valence-corrected chi connectivity index (χ2v) is 12.0. The number of hydrogen-bond acceptors (Lipinski definition) is 4. The van der Waals surface area contributed by atoms with Crippen molar-refractivity contribution in [2.75, 3.05) is 12.8 Å². The van der Waals surface area contributed by atoms with Crippen LogP contribution in [0.15, 0.2) is 146 Å². The Balaban J connectivity index is 0.000000174. The third-order valence-corrected chi connectivity index (χ3v) is 8.94. The molecule has 1 heterocycles. The maximum absolute atomic E-state index is 12.5. The van der Waals surface area contributed by atoms with Gasteiger partial charge in [-0.1, -0.05) is 127 Å². The first kappa shape index (κ1) is 29.9. The van der Waals surface area contributed by atoms with Crippen molar-refractivity contribution in [1.29, 1.82) is 0 Å². The summed E-state index contributed by atoms with van der Waals surface area (Å²) in [5.74, 6) is 0.228. The van der Waals surface area contributed by atoms with E-state index in [4.69, 9.17) is 15.5 Å². The molecular weight excluding hydrogens is 576 g/mol. The number of rotatable bonds is 6. The van der Waals surface area contributed by atoms with Crippen LogP contribution in [0, 0.1) is 0 Å². The zero-order chi connectivity index (χ0) is 32.2. The fourth-order valence-electron chi connectivity index (χ4n) is 6.36. The highest BCUT2D eigenvalue weighted by molar-refractivity contribution is 6.02. The summed E-state index contributed by atoms with van der Waals surface area (Å²) in [6, 6.07) is 47.9. The quantitative estimate of drug-likeness (QED) is 0.150. The first-order valence-corrected chi connectivity index (χ1v) is 16.1. The van der Waals surface area contributed by atoms with E-state index >= 15 is 0 Å². The number of esters is 1. The number of hydrogen-bond donors (Lipinski definition) is 1. The first-order valence-electron chi connectivity index (χ1n) is 16.1. The van der Waals surface area contributed by atoms with Gasteiger partial charge in [-0.25, -0.2) is 4.79 Å². The van der Waals surface area contributed by atoms with Gasteiger partial charge in [0.05, 0.1) is 18.4 Å². The molecule has 0 amide bonds. The maximum Gasteiger partial charge on any atom is 0.339 e. The number of ether oxygens (including phenoxy) is 1. The van der Waals surface area contributed by atoms with Gasteiger partial charge >= 0.3 is 5.97 Å². The summed E-state index contributed by atoms with van der Waals surface area (Å²) in [4.78, 5) is 17.2. The molecule has 7 aromatic rings. The van der Waals surface area contributed by atoms with Gasteiger partial charge in [0.2, 0.25) is 0 Å². The number of fused-ring (bicyclic) bond motifs is 2. The molecule has 1 fully saturated rings. The highest BCUT2D eigenvalue weighted by atomic mass is 16.5. The van der Waals surface area contributed by atoms with Crippen molar-refractivity contribution >= 4 is 33.2 Å². The number of carbonyl (C=O) groups is 1. The Morgan fingerprint density at radius 1 is 0.681 bits per heavy atom. The van der Waals surface area contributed by atoms with E-state index in [2.05, 4.69) is 109 Å². The van der Waals surface area contributed by atoms with E-state index in [-0.39, 0.29) is 5.97 Å². The fraction of sp³-hybridized carbons (Fsp3) is 0.116. The third kappa shape index (κ3) is 6.36. The molecule has 0 bridgehead atoms. The second-order valence-electron chi connectivity index (χ2n) is 12.0. The van der Waals surface area contributed by atoms with Gasteiger partial charge in [-0.05, 0) is 80.4 Å². The van der Waals surface area contributed by atoms with E-state index in [0.29, 0.717) is 17.9 Å². The van der Waals surface area contributed by atoms with Crippen molar-refractivity contribution in [1.82, 2.24) is 4.98 Å². The first-order chi connectivity index (χ1) is 23.1. The average Bonchev–Trinajstić information content (AvgIpc) is 3.98. The van der Waals surface area contributed by atoms with Crippen LogP contribution >= 0.6 is 0 Å². The van der Waals surface area contributed by atoms with Crippen LogP contribution in [0.5, 0.6) is 0 Å². The van der Waals surface area contributed by atoms with Crippen LogP contribution in [-0.2, 0) is 11.2 Å². The number of benzene rings is 6. The van der Waals surface area contributed by atoms with Crippen LogP contribution in [0.4, 0.5) is 5.69 Å². The summed E-state index contributed by atoms with van der Waals surface area (Å²) in [6.45, 7) is 0. The monoisotopic (exact) mass is 612 g/mol. The summed E-state index contributed by atoms with van der Waals surface area (Å²) >= 11 is 0. The molecule has 0 unspecified atom stereocenters. The molecule has 0 radical (unpaired) electrons. The Labute approximate surface area is 275 Å². The van der Waals surface area contributed by atoms with E-state index in [9.17, 15) is 4.79 Å². The normalized spacial score (nSPS) is 12.4. The molecular formula is C43H36N2O2. The van der Waals surface area contributed by atoms with Crippen LogP contribution < -0.4 is 5.73 Å². The van der Waals surface area contributed by atoms with Gasteiger partial charge in [-0.15, -0.1) is 0 Å². The van der Waals surface area contributed by atoms with Crippen molar-refractivity contribution < 1.29 is 9.53 Å². The van der Waals surface area contributed by atoms with E-state index in [1.807, 2.05) is 36.5 Å². The van der Waals surface area contributed by atoms with E-state index < -0.39 is 0 Å². The minimum atomic E-state index is -0.315. The largest absolute Gasteiger partial charge is 0.465 e. The number of nitrogen functional groups attached to an aromatic ring is 1. The molecule has 0 aliphatic heterocycles. The Kier molecular flexibility index (Phi) is 8.48. The molecule has 8 rings (SSSR count). The zero-order valence-corrected chi connectivity index (χ0v) is 26.4. The van der Waals surface area contributed by atoms with E-state index in [1.54, 1.807) is 0 Å². The number of nitrogens with two attached hydrogens (primary N) is 1. The van der Waals surface area contributed by atoms with E-state index in [1.165, 1.54) is 58.4 Å². The van der Waals surface area contributed by atoms with E-state index in [0.717, 1.165) is 27.9 Å². The Bertz CT molecular complexity index is 2190. The number of nitrogens with zero attached hydrogens (tertiary/aromatic N) is 1. The van der Waals surface area contributed by atoms with Gasteiger partial charge in [-0.2, -0.15) is 0 Å². The number of methoxy groups -OCH3 is 1. The lowest BCUT2D eigenvalue weighted by Crippen LogP contribution is -2.09. The Morgan fingerprint density at radius 2 is 1.23 bits per heavy atom. The highest BCUT2D eigenvalue weighted by Crippen LogP contribution is 2.40. The summed E-state index contributed by atoms with van der Waals surface area (Å²) in [6.07, 6.45) is 4.87. The van der Waals surface area contributed by atoms with Crippen molar-refractivity contribution in [3.05, 3.63) is 168 Å². The fourth-order valence-corrected chi connectivity index (χ4v) is 6.36. The average molecular weight is 613 g/mol. The second kappa shape index (κ2) is 13.3. The lowest BCUT2D eigenvalue weighted by Gasteiger charge is -2.13. The SMILES string of the molecule is COC(=O)c1cc(C2CC2)cnc1Cc1cccc2c(-c3ccccc3)cccc12.Nc1cccc2c(-c3ccccc3)cccc12. The van der Waals surface area contributed by atoms with Gasteiger partial charge in [0.25, 0.3) is 0 Å². The molecule has 1 saturated carbocycles. The number of aromatic nitrogens is 1. The smallest absolute Gasteiger partial charge is 0.339 e. The van der Waals surface area contributed by atoms with Gasteiger partial charge in [0, 0.05) is 23.7 Å². The molecule has 1 aliphatic rings. The molecule has 1 aromatic heterocycles. The van der Waals surface area contributed by atoms with Crippen LogP contribution in [0.1, 0.15) is 45.9 Å². The Hall–Kier alpha value is -5.74. The van der Waals surface area contributed by atoms with Crippen molar-refractivity contribution in [2.24, 2.45) is 0 Å². The standard InChI is InChI=1S/C27H23NO2.C16H13N/c1-30-27(29)25-15-21(18-13-14-18)17-28-26(25)16-20-9-5-12-24-22(10-6-11-23(20)24)19-7-3-2-4-8-19;17-16-11-5-9-14-13(8-4-10-15(14)16)12-6-2-1-3-7-12/h2-12,15,17-18H,13-14,16H2,1H3;1-11H,17H2. The van der Waals surface area contributed by atoms with Crippen molar-refractivity contribution in [3.8, 4) is 22.3 Å². The topological polar surface area (TPSA) is 65.2 Å². The summed E-state index contributed by atoms with van der Waals surface area (Å²) in [7, 11) is 1.43. The summed E-state index contributed by atoms with van der Waals surface area (Å²) < 4.78 is 5.06. The van der Waals surface area contributed by atoms with Gasteiger partial charge in [0.1, 0.15) is 0 Å². The molecule has 0 saturated heterocycles. The minimum Gasteiger partial charge on any atom is -0.465 e. The minimum absolute atomic E-state index is 0.315. The van der Waals surface area contributed by atoms with Crippen LogP contribution in [0.3, 0.4) is 0 Å². The highest BCUT2D eigenvalue weighted by Gasteiger charge is 2.26. The molecule has 2 N–H and O–H groups in total. The van der Waals surface area contributed by atoms with Crippen molar-refractivity contribution in [2.45, 2.75) is 25.2 Å². The summed E-state index contributed by atoms with van der Waals surface area (Å²) in [5, 5.41) is 4.71. The predicted molar refractivity (Wildman–Crippen MR) is 194 cm³/mol. The Morgan fingerprint density at radius 3 is 1.85 bits per heavy atom. The number of pyridine rings is 1. The lowest BCUT2D eigenvalue weighted by atomic mass is 9.93. The molecule has 47 heavy (non-hydrogen) atoms. The zero-order valence-electron chi connectivity index (χ0n) is 26.4. The lowest BCUT2D eigenvalue weighted by molar-refractivity contribution is 0.0599. The molecule has 4 nitrogen and oxygen atoms in total. The third-order valence-electron chi connectivity index (χ3n) is 8.94. The van der Waals surface area contributed by atoms with Crippen molar-refractivity contribution in [3.63, 3.8) is 0 Å². The number of carbonyl (C=O) groups excluding carboxylic acids is 1. The summed E-state index contributed by atoms with van der Waals surface area (Å²) in [5.41, 5.74) is 15.3. The predicted octanol–water partition coefficient (Wildman–Crippen LogP) is 10.2. The van der Waals surface area contributed by atoms with Gasteiger partial charge in [0.15, 0.2) is 0 Å². The van der Waals surface area contributed by atoms with Crippen LogP contribution in [-0.4, -0.2) is 18.1 Å². The van der Waals surface area contributed by atoms with Gasteiger partial charge in [-0.3, -0.25) is 4.98 Å². The molecule has 4 heteroatoms. The molecule has 0 atom stereocenters. The van der Waals surface area contributed by atoms with Gasteiger partial charge < -0.3 is 10.5 Å².